The molecule has 0 unspecified atom stereocenters. The molecule has 2 rings (SSSR count). The van der Waals surface area contributed by atoms with Crippen molar-refractivity contribution in [1.82, 2.24) is 5.43 Å². The minimum Gasteiger partial charge on any atom is -0.271 e. The lowest BCUT2D eigenvalue weighted by Crippen LogP contribution is -2.39. The Labute approximate surface area is 183 Å². The van der Waals surface area contributed by atoms with Gasteiger partial charge in [-0.05, 0) is 61.2 Å². The van der Waals surface area contributed by atoms with Crippen molar-refractivity contribution in [1.29, 1.82) is 0 Å². The zero-order valence-corrected chi connectivity index (χ0v) is 18.8. The second-order valence-electron chi connectivity index (χ2n) is 6.95. The van der Waals surface area contributed by atoms with Crippen LogP contribution in [0.2, 0.25) is 5.02 Å². The van der Waals surface area contributed by atoms with Crippen molar-refractivity contribution in [2.24, 2.45) is 5.10 Å². The minimum absolute atomic E-state index is 0.344. The van der Waals surface area contributed by atoms with Gasteiger partial charge < -0.3 is 0 Å². The van der Waals surface area contributed by atoms with Gasteiger partial charge in [-0.2, -0.15) is 18.3 Å². The van der Waals surface area contributed by atoms with Gasteiger partial charge in [-0.15, -0.1) is 0 Å². The normalized spacial score (nSPS) is 12.3. The van der Waals surface area contributed by atoms with E-state index in [1.54, 1.807) is 0 Å². The van der Waals surface area contributed by atoms with Crippen molar-refractivity contribution in [2.45, 2.75) is 26.9 Å². The molecule has 1 amide bonds. The number of nitrogens with zero attached hydrogens (tertiary/aromatic N) is 2. The van der Waals surface area contributed by atoms with E-state index in [2.05, 4.69) is 10.5 Å². The van der Waals surface area contributed by atoms with Crippen LogP contribution >= 0.6 is 11.6 Å². The van der Waals surface area contributed by atoms with E-state index in [4.69, 9.17) is 11.6 Å². The summed E-state index contributed by atoms with van der Waals surface area (Å²) in [4.78, 5) is 12.2. The molecule has 0 bridgehead atoms. The number of amides is 1. The number of nitrogens with one attached hydrogen (secondary N) is 1. The van der Waals surface area contributed by atoms with E-state index in [9.17, 15) is 26.4 Å². The van der Waals surface area contributed by atoms with Crippen molar-refractivity contribution in [3.63, 3.8) is 0 Å². The second kappa shape index (κ2) is 9.27. The molecule has 0 radical (unpaired) electrons. The third-order valence-corrected chi connectivity index (χ3v) is 6.19. The van der Waals surface area contributed by atoms with Gasteiger partial charge in [0.05, 0.1) is 28.7 Å². The van der Waals surface area contributed by atoms with Gasteiger partial charge in [-0.1, -0.05) is 23.7 Å². The van der Waals surface area contributed by atoms with E-state index in [1.807, 2.05) is 32.9 Å². The minimum atomic E-state index is -4.78. The predicted octanol–water partition coefficient (Wildman–Crippen LogP) is 4.20. The molecule has 0 spiro atoms. The Bertz CT molecular complexity index is 1130. The second-order valence-corrected chi connectivity index (χ2v) is 9.26. The first-order valence-electron chi connectivity index (χ1n) is 8.95. The summed E-state index contributed by atoms with van der Waals surface area (Å²) in [6, 6.07) is 6.32. The molecule has 31 heavy (non-hydrogen) atoms. The van der Waals surface area contributed by atoms with Crippen LogP contribution in [-0.2, 0) is 21.0 Å². The highest BCUT2D eigenvalue weighted by molar-refractivity contribution is 7.92. The van der Waals surface area contributed by atoms with Crippen LogP contribution in [0.25, 0.3) is 0 Å². The highest BCUT2D eigenvalue weighted by atomic mass is 35.5. The molecule has 6 nitrogen and oxygen atoms in total. The van der Waals surface area contributed by atoms with Crippen molar-refractivity contribution in [3.8, 4) is 0 Å². The highest BCUT2D eigenvalue weighted by Crippen LogP contribution is 2.37. The van der Waals surface area contributed by atoms with E-state index in [-0.39, 0.29) is 5.69 Å². The summed E-state index contributed by atoms with van der Waals surface area (Å²) in [5, 5.41) is 3.24. The van der Waals surface area contributed by atoms with Crippen LogP contribution in [-0.4, -0.2) is 33.3 Å². The number of hydrazone groups is 1. The number of alkyl halides is 3. The first kappa shape index (κ1) is 24.7. The molecule has 11 heteroatoms. The van der Waals surface area contributed by atoms with Crippen LogP contribution in [0.3, 0.4) is 0 Å². The number of rotatable bonds is 6. The molecule has 0 saturated carbocycles. The SMILES string of the molecule is Cc1ccc(/C=N\NC(=O)CN(c2ccc(Cl)c(C(F)(F)F)c2)S(C)(=O)=O)c(C)c1C. The Morgan fingerprint density at radius 1 is 1.16 bits per heavy atom. The van der Waals surface area contributed by atoms with Crippen LogP contribution in [0, 0.1) is 20.8 Å². The number of sulfonamides is 1. The van der Waals surface area contributed by atoms with Crippen LogP contribution in [0.4, 0.5) is 18.9 Å². The van der Waals surface area contributed by atoms with E-state index < -0.39 is 39.2 Å². The van der Waals surface area contributed by atoms with E-state index >= 15 is 0 Å². The number of carbonyl (C=O) groups is 1. The third kappa shape index (κ3) is 6.20. The zero-order valence-electron chi connectivity index (χ0n) is 17.2. The van der Waals surface area contributed by atoms with Crippen LogP contribution < -0.4 is 9.73 Å². The molecule has 168 valence electrons. The topological polar surface area (TPSA) is 78.8 Å². The smallest absolute Gasteiger partial charge is 0.271 e. The number of benzene rings is 2. The Hall–Kier alpha value is -2.59. The molecule has 0 aliphatic rings. The van der Waals surface area contributed by atoms with Crippen molar-refractivity contribution in [2.75, 3.05) is 17.1 Å². The lowest BCUT2D eigenvalue weighted by molar-refractivity contribution is -0.137. The number of anilines is 1. The van der Waals surface area contributed by atoms with E-state index in [1.165, 1.54) is 6.21 Å². The molecule has 2 aromatic carbocycles. The maximum Gasteiger partial charge on any atom is 0.417 e. The van der Waals surface area contributed by atoms with Crippen LogP contribution in [0.15, 0.2) is 35.4 Å². The molecular formula is C20H21ClF3N3O3S. The summed E-state index contributed by atoms with van der Waals surface area (Å²) in [6.07, 6.45) is -2.59. The Kier molecular flexibility index (Phi) is 7.38. The highest BCUT2D eigenvalue weighted by Gasteiger charge is 2.34. The quantitative estimate of drug-likeness (QED) is 0.502. The largest absolute Gasteiger partial charge is 0.417 e. The van der Waals surface area contributed by atoms with Gasteiger partial charge in [0.2, 0.25) is 10.0 Å². The van der Waals surface area contributed by atoms with Gasteiger partial charge in [0.1, 0.15) is 6.54 Å². The van der Waals surface area contributed by atoms with E-state index in [0.29, 0.717) is 10.4 Å². The van der Waals surface area contributed by atoms with Crippen LogP contribution in [0.1, 0.15) is 27.8 Å². The molecule has 0 aliphatic carbocycles. The Morgan fingerprint density at radius 2 is 1.81 bits per heavy atom. The van der Waals surface area contributed by atoms with Crippen molar-refractivity contribution >= 4 is 39.4 Å². The van der Waals surface area contributed by atoms with Gasteiger partial charge in [-0.3, -0.25) is 9.10 Å². The molecule has 0 heterocycles. The molecule has 0 aromatic heterocycles. The third-order valence-electron chi connectivity index (χ3n) is 4.72. The number of carbonyl (C=O) groups excluding carboxylic acids is 1. The standard InChI is InChI=1S/C20H21ClF3N3O3S/c1-12-5-6-15(14(3)13(12)2)10-25-26-19(28)11-27(31(4,29)30)16-7-8-18(21)17(9-16)20(22,23)24/h5-10H,11H2,1-4H3,(H,26,28)/b25-10-. The van der Waals surface area contributed by atoms with E-state index in [0.717, 1.165) is 40.6 Å². The molecular weight excluding hydrogens is 455 g/mol. The summed E-state index contributed by atoms with van der Waals surface area (Å²) in [7, 11) is -4.07. The number of aryl methyl sites for hydroxylation is 1. The number of halogens is 4. The fourth-order valence-electron chi connectivity index (χ4n) is 2.74. The maximum absolute atomic E-state index is 13.1. The lowest BCUT2D eigenvalue weighted by Gasteiger charge is -2.22. The molecule has 0 aliphatic heterocycles. The molecule has 1 N–H and O–H groups in total. The molecule has 0 fully saturated rings. The monoisotopic (exact) mass is 475 g/mol. The molecule has 0 saturated heterocycles. The number of hydrogen-bond acceptors (Lipinski definition) is 4. The van der Waals surface area contributed by atoms with Gasteiger partial charge >= 0.3 is 6.18 Å². The van der Waals surface area contributed by atoms with Gasteiger partial charge in [0.15, 0.2) is 0 Å². The average Bonchev–Trinajstić information content (AvgIpc) is 2.65. The fourth-order valence-corrected chi connectivity index (χ4v) is 3.82. The average molecular weight is 476 g/mol. The fraction of sp³-hybridized carbons (Fsp3) is 0.300. The summed E-state index contributed by atoms with van der Waals surface area (Å²) >= 11 is 5.58. The Morgan fingerprint density at radius 3 is 2.39 bits per heavy atom. The zero-order chi connectivity index (χ0) is 23.6. The predicted molar refractivity (Wildman–Crippen MR) is 115 cm³/mol. The molecule has 2 aromatic rings. The van der Waals surface area contributed by atoms with Gasteiger partial charge in [0.25, 0.3) is 5.91 Å². The summed E-state index contributed by atoms with van der Waals surface area (Å²) < 4.78 is 64.1. The maximum atomic E-state index is 13.1. The van der Waals surface area contributed by atoms with Gasteiger partial charge in [0, 0.05) is 0 Å². The Balaban J connectivity index is 2.23. The summed E-state index contributed by atoms with van der Waals surface area (Å²) in [5.74, 6) is -0.827. The summed E-state index contributed by atoms with van der Waals surface area (Å²) in [6.45, 7) is 5.05. The van der Waals surface area contributed by atoms with Crippen molar-refractivity contribution < 1.29 is 26.4 Å². The molecule has 0 atom stereocenters. The summed E-state index contributed by atoms with van der Waals surface area (Å²) in [5.41, 5.74) is 4.55. The number of hydrogen-bond donors (Lipinski definition) is 1. The van der Waals surface area contributed by atoms with Crippen LogP contribution in [0.5, 0.6) is 0 Å². The first-order valence-corrected chi connectivity index (χ1v) is 11.2. The van der Waals surface area contributed by atoms with Gasteiger partial charge in [-0.25, -0.2) is 13.8 Å². The lowest BCUT2D eigenvalue weighted by atomic mass is 10.00. The van der Waals surface area contributed by atoms with Crippen molar-refractivity contribution in [3.05, 3.63) is 63.2 Å². The first-order chi connectivity index (χ1) is 14.2.